The molecule has 5 rings (SSSR count). The molecule has 2 heterocycles. The minimum atomic E-state index is -3.73. The van der Waals surface area contributed by atoms with Crippen molar-refractivity contribution in [3.63, 3.8) is 0 Å². The predicted octanol–water partition coefficient (Wildman–Crippen LogP) is 4.89. The fourth-order valence-electron chi connectivity index (χ4n) is 6.87. The number of sulfonamides is 1. The van der Waals surface area contributed by atoms with Gasteiger partial charge in [-0.05, 0) is 63.0 Å². The largest absolute Gasteiger partial charge is 0.443 e. The number of rotatable bonds is 3. The van der Waals surface area contributed by atoms with Crippen LogP contribution in [-0.2, 0) is 26.0 Å². The first-order valence-corrected chi connectivity index (χ1v) is 13.9. The zero-order valence-electron chi connectivity index (χ0n) is 21.1. The van der Waals surface area contributed by atoms with E-state index in [4.69, 9.17) is 4.74 Å². The predicted molar refractivity (Wildman–Crippen MR) is 134 cm³/mol. The van der Waals surface area contributed by atoms with Gasteiger partial charge in [-0.25, -0.2) is 17.5 Å². The zero-order valence-corrected chi connectivity index (χ0v) is 21.9. The number of aromatic nitrogens is 1. The van der Waals surface area contributed by atoms with E-state index in [9.17, 15) is 18.0 Å². The minimum Gasteiger partial charge on any atom is -0.443 e. The molecule has 1 saturated heterocycles. The normalized spacial score (nSPS) is 28.3. The van der Waals surface area contributed by atoms with E-state index >= 15 is 0 Å². The summed E-state index contributed by atoms with van der Waals surface area (Å²) in [6.07, 6.45) is 3.89. The molecule has 0 N–H and O–H groups in total. The van der Waals surface area contributed by atoms with Crippen molar-refractivity contribution in [3.8, 4) is 0 Å². The number of carbonyl (C=O) groups is 2. The molecular weight excluding hydrogens is 464 g/mol. The van der Waals surface area contributed by atoms with Gasteiger partial charge >= 0.3 is 6.09 Å². The van der Waals surface area contributed by atoms with E-state index in [1.807, 2.05) is 24.3 Å². The number of fused-ring (bicyclic) bond motifs is 2. The van der Waals surface area contributed by atoms with Crippen molar-refractivity contribution in [1.82, 2.24) is 8.87 Å². The lowest BCUT2D eigenvalue weighted by Gasteiger charge is -2.37. The van der Waals surface area contributed by atoms with Gasteiger partial charge < -0.3 is 4.74 Å². The van der Waals surface area contributed by atoms with Crippen LogP contribution in [0, 0.1) is 16.7 Å². The van der Waals surface area contributed by atoms with Gasteiger partial charge in [0.25, 0.3) is 5.91 Å². The molecule has 3 atom stereocenters. The highest BCUT2D eigenvalue weighted by Gasteiger charge is 2.72. The second-order valence-corrected chi connectivity index (χ2v) is 13.9. The molecule has 3 aliphatic rings. The standard InChI is InChI=1S/C27H34N2O5S/c1-17(13-18-15-28(24(31)34-25(2,3)4)21-10-8-7-9-20(18)21)23(30)29-22-14-19-11-12-27(22,26(19,5)6)16-35(29,32)33/h7-10,15,19,22H,1,11-14,16H2,2-6H3/t19-,22?,27-/m0/s1. The summed E-state index contributed by atoms with van der Waals surface area (Å²) in [7, 11) is -3.73. The number of hydrogen-bond acceptors (Lipinski definition) is 5. The SMILES string of the molecule is C=C(Cc1cn(C(=O)OC(C)(C)C)c2ccccc12)C(=O)N1C2C[C@@H]3CC[C@@]2(CS1(=O)=O)C3(C)C. The van der Waals surface area contributed by atoms with Crippen molar-refractivity contribution in [3.05, 3.63) is 48.2 Å². The maximum Gasteiger partial charge on any atom is 0.419 e. The molecule has 35 heavy (non-hydrogen) atoms. The molecule has 1 aliphatic heterocycles. The average Bonchev–Trinajstić information content (AvgIpc) is 3.37. The quantitative estimate of drug-likeness (QED) is 0.563. The Kier molecular flexibility index (Phi) is 5.13. The van der Waals surface area contributed by atoms with Crippen LogP contribution in [0.1, 0.15) is 59.4 Å². The number of hydrogen-bond donors (Lipinski definition) is 0. The molecule has 2 aliphatic carbocycles. The van der Waals surface area contributed by atoms with E-state index in [-0.39, 0.29) is 34.6 Å². The van der Waals surface area contributed by atoms with Crippen LogP contribution < -0.4 is 0 Å². The molecule has 1 spiro atoms. The van der Waals surface area contributed by atoms with Crippen LogP contribution in [0.4, 0.5) is 4.79 Å². The number of benzene rings is 1. The molecule has 188 valence electrons. The van der Waals surface area contributed by atoms with Crippen molar-refractivity contribution in [2.75, 3.05) is 5.75 Å². The molecule has 8 heteroatoms. The van der Waals surface area contributed by atoms with E-state index in [1.54, 1.807) is 27.0 Å². The third kappa shape index (κ3) is 3.47. The van der Waals surface area contributed by atoms with Gasteiger partial charge in [-0.1, -0.05) is 38.6 Å². The van der Waals surface area contributed by atoms with Crippen LogP contribution in [0.15, 0.2) is 42.6 Å². The highest BCUT2D eigenvalue weighted by atomic mass is 32.2. The highest BCUT2D eigenvalue weighted by molar-refractivity contribution is 7.90. The first kappa shape index (κ1) is 24.1. The van der Waals surface area contributed by atoms with E-state index in [0.29, 0.717) is 11.4 Å². The van der Waals surface area contributed by atoms with Gasteiger partial charge in [0.05, 0.1) is 17.3 Å². The Morgan fingerprint density at radius 2 is 1.89 bits per heavy atom. The fraction of sp³-hybridized carbons (Fsp3) is 0.556. The van der Waals surface area contributed by atoms with E-state index in [2.05, 4.69) is 20.4 Å². The third-order valence-electron chi connectivity index (χ3n) is 8.70. The lowest BCUT2D eigenvalue weighted by molar-refractivity contribution is -0.125. The molecule has 2 bridgehead atoms. The molecule has 1 aromatic carbocycles. The van der Waals surface area contributed by atoms with Crippen LogP contribution >= 0.6 is 0 Å². The van der Waals surface area contributed by atoms with Gasteiger partial charge in [0.15, 0.2) is 0 Å². The average molecular weight is 499 g/mol. The Labute approximate surface area is 207 Å². The van der Waals surface area contributed by atoms with Gasteiger partial charge in [-0.3, -0.25) is 9.36 Å². The third-order valence-corrected chi connectivity index (χ3v) is 10.6. The monoisotopic (exact) mass is 498 g/mol. The summed E-state index contributed by atoms with van der Waals surface area (Å²) < 4.78 is 34.7. The fourth-order valence-corrected chi connectivity index (χ4v) is 9.43. The van der Waals surface area contributed by atoms with Gasteiger partial charge in [0.2, 0.25) is 10.0 Å². The molecule has 1 aromatic heterocycles. The smallest absolute Gasteiger partial charge is 0.419 e. The van der Waals surface area contributed by atoms with Crippen LogP contribution in [0.25, 0.3) is 10.9 Å². The molecule has 3 fully saturated rings. The summed E-state index contributed by atoms with van der Waals surface area (Å²) in [5.74, 6) is -0.0619. The van der Waals surface area contributed by atoms with E-state index in [0.717, 1.165) is 34.5 Å². The minimum absolute atomic E-state index is 0.0329. The lowest BCUT2D eigenvalue weighted by Crippen LogP contribution is -2.44. The van der Waals surface area contributed by atoms with Gasteiger partial charge in [-0.15, -0.1) is 0 Å². The lowest BCUT2D eigenvalue weighted by atomic mass is 9.69. The molecule has 2 aromatic rings. The summed E-state index contributed by atoms with van der Waals surface area (Å²) >= 11 is 0. The van der Waals surface area contributed by atoms with Crippen molar-refractivity contribution in [2.45, 2.75) is 71.9 Å². The summed E-state index contributed by atoms with van der Waals surface area (Å²) in [5.41, 5.74) is 0.458. The van der Waals surface area contributed by atoms with Crippen molar-refractivity contribution >= 4 is 32.9 Å². The number of para-hydroxylation sites is 1. The van der Waals surface area contributed by atoms with Crippen molar-refractivity contribution in [1.29, 1.82) is 0 Å². The van der Waals surface area contributed by atoms with Gasteiger partial charge in [0.1, 0.15) is 5.60 Å². The first-order valence-electron chi connectivity index (χ1n) is 12.2. The number of carbonyl (C=O) groups excluding carboxylic acids is 2. The van der Waals surface area contributed by atoms with Crippen LogP contribution in [-0.4, -0.2) is 46.7 Å². The van der Waals surface area contributed by atoms with Crippen LogP contribution in [0.2, 0.25) is 0 Å². The van der Waals surface area contributed by atoms with Crippen LogP contribution in [0.5, 0.6) is 0 Å². The Bertz CT molecular complexity index is 1360. The van der Waals surface area contributed by atoms with Gasteiger partial charge in [0, 0.05) is 29.0 Å². The number of nitrogens with zero attached hydrogens (tertiary/aromatic N) is 2. The maximum atomic E-state index is 13.6. The van der Waals surface area contributed by atoms with Crippen molar-refractivity contribution < 1.29 is 22.7 Å². The first-order chi connectivity index (χ1) is 16.2. The Balaban J connectivity index is 1.44. The molecule has 2 saturated carbocycles. The molecule has 0 radical (unpaired) electrons. The molecule has 7 nitrogen and oxygen atoms in total. The molecule has 1 amide bonds. The Morgan fingerprint density at radius 1 is 1.20 bits per heavy atom. The number of ether oxygens (including phenoxy) is 1. The van der Waals surface area contributed by atoms with E-state index < -0.39 is 27.6 Å². The van der Waals surface area contributed by atoms with Crippen molar-refractivity contribution in [2.24, 2.45) is 16.7 Å². The molecular formula is C27H34N2O5S. The second-order valence-electron chi connectivity index (χ2n) is 12.0. The summed E-state index contributed by atoms with van der Waals surface area (Å²) in [5, 5.41) is 0.800. The maximum absolute atomic E-state index is 13.6. The number of amides is 1. The highest BCUT2D eigenvalue weighted by Crippen LogP contribution is 2.70. The summed E-state index contributed by atoms with van der Waals surface area (Å²) in [4.78, 5) is 26.4. The van der Waals surface area contributed by atoms with E-state index in [1.165, 1.54) is 4.57 Å². The Hall–Kier alpha value is -2.61. The van der Waals surface area contributed by atoms with Crippen LogP contribution in [0.3, 0.4) is 0 Å². The molecule has 1 unspecified atom stereocenters. The topological polar surface area (TPSA) is 85.7 Å². The van der Waals surface area contributed by atoms with Gasteiger partial charge in [-0.2, -0.15) is 0 Å². The summed E-state index contributed by atoms with van der Waals surface area (Å²) in [6.45, 7) is 13.7. The Morgan fingerprint density at radius 3 is 2.54 bits per heavy atom. The zero-order chi connectivity index (χ0) is 25.6. The second kappa shape index (κ2) is 7.45. The summed E-state index contributed by atoms with van der Waals surface area (Å²) in [6, 6.07) is 7.10.